The molecule has 116 valence electrons. The molecular weight excluding hydrogens is 278 g/mol. The normalized spacial score (nSPS) is 22.4. The fourth-order valence-corrected chi connectivity index (χ4v) is 2.99. The number of carbonyl (C=O) groups excluding carboxylic acids is 2. The van der Waals surface area contributed by atoms with Crippen LogP contribution in [0.3, 0.4) is 0 Å². The van der Waals surface area contributed by atoms with Crippen LogP contribution in [0.2, 0.25) is 0 Å². The van der Waals surface area contributed by atoms with Gasteiger partial charge in [-0.15, -0.1) is 12.4 Å². The monoisotopic (exact) mass is 303 g/mol. The van der Waals surface area contributed by atoms with Crippen LogP contribution in [0, 0.1) is 5.92 Å². The van der Waals surface area contributed by atoms with Crippen LogP contribution in [0.15, 0.2) is 0 Å². The summed E-state index contributed by atoms with van der Waals surface area (Å²) in [5, 5.41) is 0. The molecule has 5 nitrogen and oxygen atoms in total. The number of hydrogen-bond donors (Lipinski definition) is 1. The minimum Gasteiger partial charge on any atom is -0.342 e. The van der Waals surface area contributed by atoms with Crippen LogP contribution >= 0.6 is 12.4 Å². The highest BCUT2D eigenvalue weighted by Crippen LogP contribution is 2.21. The van der Waals surface area contributed by atoms with Crippen LogP contribution in [0.5, 0.6) is 0 Å². The maximum Gasteiger partial charge on any atom is 0.239 e. The fraction of sp³-hybridized carbons (Fsp3) is 0.857. The van der Waals surface area contributed by atoms with Gasteiger partial charge in [-0.1, -0.05) is 0 Å². The van der Waals surface area contributed by atoms with Crippen molar-refractivity contribution in [2.45, 2.75) is 45.1 Å². The average molecular weight is 304 g/mol. The molecule has 0 unspecified atom stereocenters. The lowest BCUT2D eigenvalue weighted by Crippen LogP contribution is -2.48. The number of rotatable bonds is 3. The molecule has 2 fully saturated rings. The second-order valence-corrected chi connectivity index (χ2v) is 5.85. The minimum atomic E-state index is -0.403. The van der Waals surface area contributed by atoms with E-state index in [4.69, 9.17) is 5.73 Å². The molecule has 2 aliphatic rings. The molecule has 2 heterocycles. The van der Waals surface area contributed by atoms with Crippen molar-refractivity contribution in [3.05, 3.63) is 0 Å². The van der Waals surface area contributed by atoms with Crippen LogP contribution in [0.25, 0.3) is 0 Å². The smallest absolute Gasteiger partial charge is 0.239 e. The summed E-state index contributed by atoms with van der Waals surface area (Å²) < 4.78 is 0. The molecule has 0 radical (unpaired) electrons. The summed E-state index contributed by atoms with van der Waals surface area (Å²) in [5.74, 6) is 0.895. The molecule has 0 saturated carbocycles. The Bertz CT molecular complexity index is 341. The molecule has 2 aliphatic heterocycles. The van der Waals surface area contributed by atoms with E-state index in [9.17, 15) is 9.59 Å². The lowest BCUT2D eigenvalue weighted by Gasteiger charge is -2.36. The zero-order valence-corrected chi connectivity index (χ0v) is 13.0. The molecule has 0 aromatic rings. The van der Waals surface area contributed by atoms with Crippen molar-refractivity contribution in [1.82, 2.24) is 9.80 Å². The Labute approximate surface area is 127 Å². The van der Waals surface area contributed by atoms with E-state index in [-0.39, 0.29) is 18.3 Å². The average Bonchev–Trinajstić information content (AvgIpc) is 2.41. The van der Waals surface area contributed by atoms with Crippen LogP contribution in [0.1, 0.15) is 39.0 Å². The van der Waals surface area contributed by atoms with Crippen molar-refractivity contribution in [1.29, 1.82) is 0 Å². The first-order valence-electron chi connectivity index (χ1n) is 7.40. The summed E-state index contributed by atoms with van der Waals surface area (Å²) in [5.41, 5.74) is 5.62. The van der Waals surface area contributed by atoms with E-state index in [0.717, 1.165) is 51.9 Å². The highest BCUT2D eigenvalue weighted by atomic mass is 35.5. The molecule has 2 saturated heterocycles. The summed E-state index contributed by atoms with van der Waals surface area (Å²) in [7, 11) is 0. The first-order valence-corrected chi connectivity index (χ1v) is 7.40. The Morgan fingerprint density at radius 2 is 1.95 bits per heavy atom. The van der Waals surface area contributed by atoms with Crippen molar-refractivity contribution >= 4 is 24.2 Å². The van der Waals surface area contributed by atoms with Gasteiger partial charge < -0.3 is 15.5 Å². The Kier molecular flexibility index (Phi) is 6.76. The summed E-state index contributed by atoms with van der Waals surface area (Å²) >= 11 is 0. The van der Waals surface area contributed by atoms with Gasteiger partial charge in [0.15, 0.2) is 0 Å². The third-order valence-corrected chi connectivity index (χ3v) is 4.22. The fourth-order valence-electron chi connectivity index (χ4n) is 2.99. The second-order valence-electron chi connectivity index (χ2n) is 5.85. The van der Waals surface area contributed by atoms with Gasteiger partial charge in [-0.25, -0.2) is 0 Å². The zero-order valence-electron chi connectivity index (χ0n) is 12.2. The Hall–Kier alpha value is -0.810. The lowest BCUT2D eigenvalue weighted by atomic mass is 9.95. The highest BCUT2D eigenvalue weighted by molar-refractivity contribution is 5.85. The number of halogens is 1. The number of piperidine rings is 2. The third-order valence-electron chi connectivity index (χ3n) is 4.22. The van der Waals surface area contributed by atoms with Gasteiger partial charge in [0.25, 0.3) is 0 Å². The molecule has 2 amide bonds. The predicted molar refractivity (Wildman–Crippen MR) is 80.6 cm³/mol. The van der Waals surface area contributed by atoms with Crippen molar-refractivity contribution in [3.8, 4) is 0 Å². The maximum atomic E-state index is 11.8. The van der Waals surface area contributed by atoms with Gasteiger partial charge in [-0.2, -0.15) is 0 Å². The number of carbonyl (C=O) groups is 2. The largest absolute Gasteiger partial charge is 0.342 e. The van der Waals surface area contributed by atoms with Crippen molar-refractivity contribution in [3.63, 3.8) is 0 Å². The predicted octanol–water partition coefficient (Wildman–Crippen LogP) is 1.01. The van der Waals surface area contributed by atoms with Crippen LogP contribution in [-0.4, -0.2) is 53.8 Å². The van der Waals surface area contributed by atoms with Gasteiger partial charge >= 0.3 is 0 Å². The molecular formula is C14H26ClN3O2. The molecule has 6 heteroatoms. The van der Waals surface area contributed by atoms with Gasteiger partial charge in [0.2, 0.25) is 11.8 Å². The molecule has 1 atom stereocenters. The zero-order chi connectivity index (χ0) is 13.8. The molecule has 2 N–H and O–H groups in total. The van der Waals surface area contributed by atoms with E-state index >= 15 is 0 Å². The topological polar surface area (TPSA) is 66.6 Å². The standard InChI is InChI=1S/C14H25N3O2.ClH/c1-11(15)14(19)16-8-5-12(6-9-16)10-17-7-3-2-4-13(17)18;/h11-12H,2-10,15H2,1H3;1H/t11-;/m0./s1. The van der Waals surface area contributed by atoms with E-state index in [0.29, 0.717) is 18.2 Å². The summed E-state index contributed by atoms with van der Waals surface area (Å²) in [6, 6.07) is -0.403. The lowest BCUT2D eigenvalue weighted by molar-refractivity contribution is -0.136. The van der Waals surface area contributed by atoms with E-state index in [1.807, 2.05) is 9.80 Å². The summed E-state index contributed by atoms with van der Waals surface area (Å²) in [6.45, 7) is 5.10. The van der Waals surface area contributed by atoms with E-state index < -0.39 is 6.04 Å². The van der Waals surface area contributed by atoms with Crippen molar-refractivity contribution in [2.75, 3.05) is 26.2 Å². The third kappa shape index (κ3) is 4.35. The number of hydrogen-bond acceptors (Lipinski definition) is 3. The first kappa shape index (κ1) is 17.2. The molecule has 0 aromatic heterocycles. The minimum absolute atomic E-state index is 0. The quantitative estimate of drug-likeness (QED) is 0.846. The molecule has 0 aromatic carbocycles. The van der Waals surface area contributed by atoms with Crippen LogP contribution in [-0.2, 0) is 9.59 Å². The number of nitrogens with zero attached hydrogens (tertiary/aromatic N) is 2. The maximum absolute atomic E-state index is 11.8. The van der Waals surface area contributed by atoms with Crippen molar-refractivity contribution < 1.29 is 9.59 Å². The van der Waals surface area contributed by atoms with Gasteiger partial charge in [-0.3, -0.25) is 9.59 Å². The van der Waals surface area contributed by atoms with Crippen LogP contribution in [0.4, 0.5) is 0 Å². The molecule has 0 spiro atoms. The van der Waals surface area contributed by atoms with Crippen LogP contribution < -0.4 is 5.73 Å². The van der Waals surface area contributed by atoms with E-state index in [1.165, 1.54) is 0 Å². The Balaban J connectivity index is 0.00000200. The van der Waals surface area contributed by atoms with Gasteiger partial charge in [0.05, 0.1) is 6.04 Å². The second kappa shape index (κ2) is 7.84. The first-order chi connectivity index (χ1) is 9.08. The van der Waals surface area contributed by atoms with Gasteiger partial charge in [-0.05, 0) is 38.5 Å². The van der Waals surface area contributed by atoms with Gasteiger partial charge in [0, 0.05) is 32.6 Å². The number of amides is 2. The molecule has 20 heavy (non-hydrogen) atoms. The van der Waals surface area contributed by atoms with Crippen molar-refractivity contribution in [2.24, 2.45) is 11.7 Å². The molecule has 0 bridgehead atoms. The molecule has 2 rings (SSSR count). The van der Waals surface area contributed by atoms with Gasteiger partial charge in [0.1, 0.15) is 0 Å². The SMILES string of the molecule is C[C@H](N)C(=O)N1CCC(CN2CCCCC2=O)CC1.Cl. The Morgan fingerprint density at radius 3 is 2.50 bits per heavy atom. The Morgan fingerprint density at radius 1 is 1.30 bits per heavy atom. The summed E-state index contributed by atoms with van der Waals surface area (Å²) in [4.78, 5) is 27.4. The number of nitrogens with two attached hydrogens (primary N) is 1. The number of likely N-dealkylation sites (tertiary alicyclic amines) is 2. The highest BCUT2D eigenvalue weighted by Gasteiger charge is 2.27. The summed E-state index contributed by atoms with van der Waals surface area (Å²) in [6.07, 6.45) is 4.86. The van der Waals surface area contributed by atoms with E-state index in [1.54, 1.807) is 6.92 Å². The van der Waals surface area contributed by atoms with E-state index in [2.05, 4.69) is 0 Å². The molecule has 0 aliphatic carbocycles.